The minimum atomic E-state index is -0.569. The Kier molecular flexibility index (Phi) is 5.89. The Labute approximate surface area is 223 Å². The zero-order valence-electron chi connectivity index (χ0n) is 21.0. The molecule has 1 atom stereocenters. The number of hydrogen-bond donors (Lipinski definition) is 2. The number of imidazole rings is 1. The van der Waals surface area contributed by atoms with Gasteiger partial charge in [-0.2, -0.15) is 5.26 Å². The van der Waals surface area contributed by atoms with Crippen molar-refractivity contribution in [1.29, 1.82) is 5.26 Å². The van der Waals surface area contributed by atoms with Crippen LogP contribution in [-0.2, 0) is 4.79 Å². The lowest BCUT2D eigenvalue weighted by molar-refractivity contribution is -0.125. The van der Waals surface area contributed by atoms with E-state index in [0.29, 0.717) is 41.3 Å². The summed E-state index contributed by atoms with van der Waals surface area (Å²) in [5.41, 5.74) is 12.8. The molecule has 4 N–H and O–H groups in total. The second kappa shape index (κ2) is 9.41. The van der Waals surface area contributed by atoms with Crippen LogP contribution < -0.4 is 21.9 Å². The van der Waals surface area contributed by atoms with E-state index in [1.807, 2.05) is 36.4 Å². The lowest BCUT2D eigenvalue weighted by Gasteiger charge is -2.17. The van der Waals surface area contributed by atoms with Gasteiger partial charge in [-0.3, -0.25) is 13.9 Å². The van der Waals surface area contributed by atoms with Crippen molar-refractivity contribution in [1.82, 2.24) is 24.0 Å². The van der Waals surface area contributed by atoms with Gasteiger partial charge in [0, 0.05) is 18.6 Å². The molecule has 2 aliphatic rings. The number of anilines is 1. The van der Waals surface area contributed by atoms with Crippen molar-refractivity contribution >= 4 is 22.9 Å². The predicted octanol–water partition coefficient (Wildman–Crippen LogP) is 2.67. The Morgan fingerprint density at radius 1 is 1.10 bits per heavy atom. The van der Waals surface area contributed by atoms with E-state index in [1.54, 1.807) is 39.8 Å². The first-order valence-electron chi connectivity index (χ1n) is 12.6. The second-order valence-corrected chi connectivity index (χ2v) is 9.92. The zero-order chi connectivity index (χ0) is 27.1. The van der Waals surface area contributed by atoms with Gasteiger partial charge in [0.25, 0.3) is 5.91 Å². The Hall–Kier alpha value is -4.95. The van der Waals surface area contributed by atoms with Gasteiger partial charge >= 0.3 is 5.69 Å². The lowest BCUT2D eigenvalue weighted by atomic mass is 10.1. The van der Waals surface area contributed by atoms with Gasteiger partial charge in [-0.1, -0.05) is 18.2 Å². The lowest BCUT2D eigenvalue weighted by Crippen LogP contribution is -2.33. The molecule has 3 heterocycles. The summed E-state index contributed by atoms with van der Waals surface area (Å²) >= 11 is 0. The van der Waals surface area contributed by atoms with E-state index < -0.39 is 5.54 Å². The number of aromatic nitrogens is 4. The molecule has 2 aromatic heterocycles. The molecule has 0 radical (unpaired) electrons. The molecule has 196 valence electrons. The summed E-state index contributed by atoms with van der Waals surface area (Å²) in [6, 6.07) is 18.1. The summed E-state index contributed by atoms with van der Waals surface area (Å²) in [5.74, 6) is 1.10. The van der Waals surface area contributed by atoms with Crippen LogP contribution in [0.2, 0.25) is 0 Å². The Morgan fingerprint density at radius 2 is 1.82 bits per heavy atom. The maximum atomic E-state index is 13.9. The molecular formula is C28H26N8O3. The van der Waals surface area contributed by atoms with Crippen molar-refractivity contribution in [2.24, 2.45) is 5.73 Å². The summed E-state index contributed by atoms with van der Waals surface area (Å²) < 4.78 is 8.92. The highest BCUT2D eigenvalue weighted by atomic mass is 16.5. The number of nitrogens with zero attached hydrogens (tertiary/aromatic N) is 6. The molecule has 1 amide bonds. The van der Waals surface area contributed by atoms with E-state index in [9.17, 15) is 14.9 Å². The van der Waals surface area contributed by atoms with E-state index in [2.05, 4.69) is 9.97 Å². The zero-order valence-corrected chi connectivity index (χ0v) is 21.0. The van der Waals surface area contributed by atoms with Crippen molar-refractivity contribution in [2.75, 3.05) is 18.8 Å². The average Bonchev–Trinajstić information content (AvgIpc) is 3.34. The molecule has 1 aliphatic carbocycles. The van der Waals surface area contributed by atoms with Gasteiger partial charge < -0.3 is 21.1 Å². The topological polar surface area (TPSA) is 158 Å². The van der Waals surface area contributed by atoms with Crippen LogP contribution >= 0.6 is 0 Å². The standard InChI is InChI=1S/C28H26N8O3/c29-15-18(14-28(31)11-12-28)26(37)34-13-10-20(16-34)36-25-23(24(30)32-17-33-25)35(27(36)38)19-6-8-22(9-7-19)39-21-4-2-1-3-5-21/h1-9,14,17,20H,10-13,16,31H2,(H2,30,32,33)/b18-14+/t20-/m0/s1. The van der Waals surface area contributed by atoms with E-state index in [0.717, 1.165) is 12.8 Å². The number of ether oxygens (including phenoxy) is 1. The SMILES string of the molecule is N#C/C(=C\C1(N)CC1)C(=O)N1CC[C@H](n2c(=O)n(-c3ccc(Oc4ccccc4)cc3)c3c(N)ncnc32)C1. The number of hydrogen-bond acceptors (Lipinski definition) is 8. The largest absolute Gasteiger partial charge is 0.457 e. The smallest absolute Gasteiger partial charge is 0.335 e. The number of para-hydroxylation sites is 1. The molecule has 0 bridgehead atoms. The summed E-state index contributed by atoms with van der Waals surface area (Å²) in [6.45, 7) is 0.646. The van der Waals surface area contributed by atoms with E-state index >= 15 is 0 Å². The Morgan fingerprint density at radius 3 is 2.51 bits per heavy atom. The molecule has 11 nitrogen and oxygen atoms in total. The van der Waals surface area contributed by atoms with Crippen LogP contribution in [0.1, 0.15) is 25.3 Å². The van der Waals surface area contributed by atoms with Crippen molar-refractivity contribution in [3.05, 3.63) is 83.1 Å². The second-order valence-electron chi connectivity index (χ2n) is 9.92. The van der Waals surface area contributed by atoms with E-state index in [-0.39, 0.29) is 35.6 Å². The molecule has 4 aromatic rings. The van der Waals surface area contributed by atoms with Crippen molar-refractivity contribution in [3.8, 4) is 23.3 Å². The van der Waals surface area contributed by atoms with Crippen molar-refractivity contribution < 1.29 is 9.53 Å². The number of nitrogens with two attached hydrogens (primary N) is 2. The number of nitrogen functional groups attached to an aromatic ring is 1. The Bertz CT molecular complexity index is 1700. The summed E-state index contributed by atoms with van der Waals surface area (Å²) in [7, 11) is 0. The first-order valence-corrected chi connectivity index (χ1v) is 12.6. The number of carbonyl (C=O) groups excluding carboxylic acids is 1. The van der Waals surface area contributed by atoms with Gasteiger partial charge in [-0.25, -0.2) is 14.8 Å². The monoisotopic (exact) mass is 522 g/mol. The van der Waals surface area contributed by atoms with E-state index in [1.165, 1.54) is 10.9 Å². The third-order valence-corrected chi connectivity index (χ3v) is 7.18. The molecule has 1 saturated carbocycles. The number of amides is 1. The average molecular weight is 523 g/mol. The van der Waals surface area contributed by atoms with Crippen molar-refractivity contribution in [3.63, 3.8) is 0 Å². The molecule has 6 rings (SSSR count). The quantitative estimate of drug-likeness (QED) is 0.289. The van der Waals surface area contributed by atoms with Crippen LogP contribution in [0.25, 0.3) is 16.9 Å². The molecule has 1 aliphatic heterocycles. The normalized spacial score (nSPS) is 18.2. The third kappa shape index (κ3) is 4.51. The molecule has 0 spiro atoms. The highest BCUT2D eigenvalue weighted by molar-refractivity contribution is 5.97. The third-order valence-electron chi connectivity index (χ3n) is 7.18. The number of carbonyl (C=O) groups is 1. The first kappa shape index (κ1) is 24.4. The highest BCUT2D eigenvalue weighted by Gasteiger charge is 2.39. The number of benzene rings is 2. The van der Waals surface area contributed by atoms with Gasteiger partial charge in [-0.05, 0) is 61.7 Å². The number of fused-ring (bicyclic) bond motifs is 1. The fraction of sp³-hybridized carbons (Fsp3) is 0.250. The Balaban J connectivity index is 1.32. The van der Waals surface area contributed by atoms with Gasteiger partial charge in [-0.15, -0.1) is 0 Å². The highest BCUT2D eigenvalue weighted by Crippen LogP contribution is 2.35. The summed E-state index contributed by atoms with van der Waals surface area (Å²) in [5, 5.41) is 9.56. The first-order chi connectivity index (χ1) is 18.9. The molecule has 1 saturated heterocycles. The maximum Gasteiger partial charge on any atom is 0.335 e. The fourth-order valence-corrected chi connectivity index (χ4v) is 4.95. The van der Waals surface area contributed by atoms with Crippen molar-refractivity contribution in [2.45, 2.75) is 30.8 Å². The molecule has 2 aromatic carbocycles. The van der Waals surface area contributed by atoms with Crippen LogP contribution in [0.5, 0.6) is 11.5 Å². The van der Waals surface area contributed by atoms with Crippen LogP contribution in [0.4, 0.5) is 5.82 Å². The minimum Gasteiger partial charge on any atom is -0.457 e. The van der Waals surface area contributed by atoms with Crippen LogP contribution in [-0.4, -0.2) is 48.5 Å². The number of likely N-dealkylation sites (tertiary alicyclic amines) is 1. The molecule has 39 heavy (non-hydrogen) atoms. The fourth-order valence-electron chi connectivity index (χ4n) is 4.95. The summed E-state index contributed by atoms with van der Waals surface area (Å²) in [6.07, 6.45) is 4.91. The summed E-state index contributed by atoms with van der Waals surface area (Å²) in [4.78, 5) is 37.0. The molecule has 2 fully saturated rings. The van der Waals surface area contributed by atoms with Crippen LogP contribution in [0.3, 0.4) is 0 Å². The van der Waals surface area contributed by atoms with Gasteiger partial charge in [0.1, 0.15) is 35.0 Å². The minimum absolute atomic E-state index is 0.0369. The molecule has 0 unspecified atom stereocenters. The van der Waals surface area contributed by atoms with Gasteiger partial charge in [0.15, 0.2) is 11.5 Å². The van der Waals surface area contributed by atoms with Gasteiger partial charge in [0.2, 0.25) is 0 Å². The van der Waals surface area contributed by atoms with Gasteiger partial charge in [0.05, 0.1) is 11.7 Å². The van der Waals surface area contributed by atoms with Crippen LogP contribution in [0, 0.1) is 11.3 Å². The number of rotatable bonds is 6. The molecule has 11 heteroatoms. The maximum absolute atomic E-state index is 13.9. The van der Waals surface area contributed by atoms with Crippen LogP contribution in [0.15, 0.2) is 77.4 Å². The number of nitriles is 1. The molecular weight excluding hydrogens is 496 g/mol. The van der Waals surface area contributed by atoms with E-state index in [4.69, 9.17) is 16.2 Å². The predicted molar refractivity (Wildman–Crippen MR) is 144 cm³/mol.